The predicted molar refractivity (Wildman–Crippen MR) is 72.8 cm³/mol. The molecular formula is C13H29N3O. The molecule has 0 saturated heterocycles. The standard InChI is InChI=1S/C13H29N3O/c1-9(2)15-11(17)8-16(7)12(10(3)14)13(4,5)6/h9-10,12H,8,14H2,1-7H3,(H,15,17). The molecule has 0 aromatic rings. The molecule has 0 aliphatic heterocycles. The van der Waals surface area contributed by atoms with Gasteiger partial charge in [-0.25, -0.2) is 0 Å². The Balaban J connectivity index is 4.54. The summed E-state index contributed by atoms with van der Waals surface area (Å²) in [6.45, 7) is 12.8. The number of carbonyl (C=O) groups is 1. The van der Waals surface area contributed by atoms with Crippen molar-refractivity contribution in [3.8, 4) is 0 Å². The second kappa shape index (κ2) is 6.36. The minimum absolute atomic E-state index is 0.0341. The lowest BCUT2D eigenvalue weighted by molar-refractivity contribution is -0.123. The summed E-state index contributed by atoms with van der Waals surface area (Å²) >= 11 is 0. The van der Waals surface area contributed by atoms with Crippen molar-refractivity contribution in [1.29, 1.82) is 0 Å². The van der Waals surface area contributed by atoms with Crippen LogP contribution in [0.1, 0.15) is 41.5 Å². The van der Waals surface area contributed by atoms with Crippen LogP contribution in [0.2, 0.25) is 0 Å². The summed E-state index contributed by atoms with van der Waals surface area (Å²) in [5.41, 5.74) is 6.08. The molecule has 0 spiro atoms. The maximum atomic E-state index is 11.7. The molecule has 0 rings (SSSR count). The highest BCUT2D eigenvalue weighted by molar-refractivity contribution is 5.78. The van der Waals surface area contributed by atoms with E-state index in [1.54, 1.807) is 0 Å². The Labute approximate surface area is 106 Å². The topological polar surface area (TPSA) is 58.4 Å². The molecule has 0 fully saturated rings. The van der Waals surface area contributed by atoms with Crippen molar-refractivity contribution in [2.24, 2.45) is 11.1 Å². The van der Waals surface area contributed by atoms with Crippen LogP contribution in [0.5, 0.6) is 0 Å². The Morgan fingerprint density at radius 2 is 1.76 bits per heavy atom. The van der Waals surface area contributed by atoms with Gasteiger partial charge in [-0.2, -0.15) is 0 Å². The van der Waals surface area contributed by atoms with Crippen LogP contribution in [-0.2, 0) is 4.79 Å². The monoisotopic (exact) mass is 243 g/mol. The van der Waals surface area contributed by atoms with Crippen molar-refractivity contribution < 1.29 is 4.79 Å². The van der Waals surface area contributed by atoms with E-state index in [0.29, 0.717) is 6.54 Å². The van der Waals surface area contributed by atoms with Crippen LogP contribution in [0.3, 0.4) is 0 Å². The summed E-state index contributed by atoms with van der Waals surface area (Å²) < 4.78 is 0. The molecule has 0 aliphatic carbocycles. The maximum absolute atomic E-state index is 11.7. The van der Waals surface area contributed by atoms with Gasteiger partial charge >= 0.3 is 0 Å². The first-order valence-electron chi connectivity index (χ1n) is 6.31. The van der Waals surface area contributed by atoms with E-state index in [1.165, 1.54) is 0 Å². The predicted octanol–water partition coefficient (Wildman–Crippen LogP) is 1.20. The Morgan fingerprint density at radius 1 is 1.29 bits per heavy atom. The number of rotatable bonds is 5. The van der Waals surface area contributed by atoms with Gasteiger partial charge in [0.1, 0.15) is 0 Å². The summed E-state index contributed by atoms with van der Waals surface area (Å²) in [5, 5.41) is 2.90. The first kappa shape index (κ1) is 16.4. The Kier molecular flexibility index (Phi) is 6.13. The number of nitrogens with two attached hydrogens (primary N) is 1. The third kappa shape index (κ3) is 6.03. The minimum atomic E-state index is 0.0341. The van der Waals surface area contributed by atoms with Crippen molar-refractivity contribution in [2.45, 2.75) is 59.7 Å². The fraction of sp³-hybridized carbons (Fsp3) is 0.923. The molecule has 102 valence electrons. The van der Waals surface area contributed by atoms with Crippen molar-refractivity contribution >= 4 is 5.91 Å². The fourth-order valence-corrected chi connectivity index (χ4v) is 2.54. The van der Waals surface area contributed by atoms with E-state index in [4.69, 9.17) is 5.73 Å². The van der Waals surface area contributed by atoms with Crippen molar-refractivity contribution in [2.75, 3.05) is 13.6 Å². The lowest BCUT2D eigenvalue weighted by Crippen LogP contribution is -2.54. The summed E-state index contributed by atoms with van der Waals surface area (Å²) in [4.78, 5) is 13.8. The SMILES string of the molecule is CC(C)NC(=O)CN(C)C(C(C)N)C(C)(C)C. The molecule has 0 saturated carbocycles. The lowest BCUT2D eigenvalue weighted by Gasteiger charge is -2.40. The normalized spacial score (nSPS) is 16.1. The average Bonchev–Trinajstić information content (AvgIpc) is 1.95. The molecular weight excluding hydrogens is 214 g/mol. The van der Waals surface area contributed by atoms with E-state index < -0.39 is 0 Å². The van der Waals surface area contributed by atoms with Crippen LogP contribution in [0.25, 0.3) is 0 Å². The highest BCUT2D eigenvalue weighted by atomic mass is 16.2. The van der Waals surface area contributed by atoms with E-state index >= 15 is 0 Å². The second-order valence-corrected chi connectivity index (χ2v) is 6.31. The maximum Gasteiger partial charge on any atom is 0.234 e. The molecule has 4 heteroatoms. The molecule has 0 aromatic carbocycles. The zero-order valence-electron chi connectivity index (χ0n) is 12.4. The van der Waals surface area contributed by atoms with E-state index in [-0.39, 0.29) is 29.4 Å². The van der Waals surface area contributed by atoms with Crippen LogP contribution in [0.4, 0.5) is 0 Å². The molecule has 17 heavy (non-hydrogen) atoms. The quantitative estimate of drug-likeness (QED) is 0.763. The largest absolute Gasteiger partial charge is 0.353 e. The van der Waals surface area contributed by atoms with Gasteiger partial charge in [0.2, 0.25) is 5.91 Å². The van der Waals surface area contributed by atoms with Gasteiger partial charge in [0.25, 0.3) is 0 Å². The average molecular weight is 243 g/mol. The van der Waals surface area contributed by atoms with E-state index in [9.17, 15) is 4.79 Å². The van der Waals surface area contributed by atoms with Crippen LogP contribution >= 0.6 is 0 Å². The summed E-state index contributed by atoms with van der Waals surface area (Å²) in [6, 6.07) is 0.395. The molecule has 0 aliphatic rings. The number of hydrogen-bond acceptors (Lipinski definition) is 3. The van der Waals surface area contributed by atoms with Gasteiger partial charge in [-0.1, -0.05) is 20.8 Å². The number of nitrogens with zero attached hydrogens (tertiary/aromatic N) is 1. The van der Waals surface area contributed by atoms with Crippen LogP contribution in [0, 0.1) is 5.41 Å². The fourth-order valence-electron chi connectivity index (χ4n) is 2.54. The summed E-state index contributed by atoms with van der Waals surface area (Å²) in [7, 11) is 1.96. The van der Waals surface area contributed by atoms with Crippen LogP contribution in [0.15, 0.2) is 0 Å². The van der Waals surface area contributed by atoms with Crippen molar-refractivity contribution in [3.05, 3.63) is 0 Å². The number of hydrogen-bond donors (Lipinski definition) is 2. The van der Waals surface area contributed by atoms with Crippen LogP contribution < -0.4 is 11.1 Å². The molecule has 1 amide bonds. The Bertz CT molecular complexity index is 244. The molecule has 2 unspecified atom stereocenters. The second-order valence-electron chi connectivity index (χ2n) is 6.31. The first-order chi connectivity index (χ1) is 7.55. The molecule has 0 aromatic heterocycles. The van der Waals surface area contributed by atoms with Gasteiger partial charge in [-0.3, -0.25) is 9.69 Å². The molecule has 0 bridgehead atoms. The van der Waals surface area contributed by atoms with E-state index in [1.807, 2.05) is 32.7 Å². The minimum Gasteiger partial charge on any atom is -0.353 e. The highest BCUT2D eigenvalue weighted by Crippen LogP contribution is 2.25. The number of likely N-dealkylation sites (N-methyl/N-ethyl adjacent to an activating group) is 1. The number of carbonyl (C=O) groups excluding carboxylic acids is 1. The number of nitrogens with one attached hydrogen (secondary N) is 1. The third-order valence-electron chi connectivity index (χ3n) is 2.70. The third-order valence-corrected chi connectivity index (χ3v) is 2.70. The zero-order chi connectivity index (χ0) is 13.8. The van der Waals surface area contributed by atoms with Gasteiger partial charge in [0.15, 0.2) is 0 Å². The smallest absolute Gasteiger partial charge is 0.234 e. The first-order valence-corrected chi connectivity index (χ1v) is 6.31. The van der Waals surface area contributed by atoms with Gasteiger partial charge in [0, 0.05) is 18.1 Å². The molecule has 0 radical (unpaired) electrons. The molecule has 3 N–H and O–H groups in total. The van der Waals surface area contributed by atoms with E-state index in [0.717, 1.165) is 0 Å². The Morgan fingerprint density at radius 3 is 2.06 bits per heavy atom. The molecule has 4 nitrogen and oxygen atoms in total. The van der Waals surface area contributed by atoms with Gasteiger partial charge < -0.3 is 11.1 Å². The van der Waals surface area contributed by atoms with Crippen LogP contribution in [-0.4, -0.2) is 42.5 Å². The van der Waals surface area contributed by atoms with Gasteiger partial charge in [-0.05, 0) is 33.2 Å². The lowest BCUT2D eigenvalue weighted by atomic mass is 9.82. The van der Waals surface area contributed by atoms with Crippen molar-refractivity contribution in [1.82, 2.24) is 10.2 Å². The summed E-state index contributed by atoms with van der Waals surface area (Å²) in [5.74, 6) is 0.0531. The van der Waals surface area contributed by atoms with Gasteiger partial charge in [-0.15, -0.1) is 0 Å². The number of amides is 1. The molecule has 0 heterocycles. The van der Waals surface area contributed by atoms with Crippen molar-refractivity contribution in [3.63, 3.8) is 0 Å². The van der Waals surface area contributed by atoms with E-state index in [2.05, 4.69) is 26.1 Å². The Hall–Kier alpha value is -0.610. The highest BCUT2D eigenvalue weighted by Gasteiger charge is 2.32. The molecule has 2 atom stereocenters. The summed E-state index contributed by atoms with van der Waals surface area (Å²) in [6.07, 6.45) is 0. The zero-order valence-corrected chi connectivity index (χ0v) is 12.4. The van der Waals surface area contributed by atoms with Gasteiger partial charge in [0.05, 0.1) is 6.54 Å².